The molecular weight excluding hydrogens is 328 g/mol. The van der Waals surface area contributed by atoms with Gasteiger partial charge in [-0.2, -0.15) is 4.31 Å². The molecule has 0 amide bonds. The molecule has 0 unspecified atom stereocenters. The molecule has 22 heavy (non-hydrogen) atoms. The Morgan fingerprint density at radius 1 is 1.18 bits per heavy atom. The van der Waals surface area contributed by atoms with Crippen molar-refractivity contribution >= 4 is 19.9 Å². The van der Waals surface area contributed by atoms with E-state index in [0.29, 0.717) is 0 Å². The van der Waals surface area contributed by atoms with Gasteiger partial charge in [-0.15, -0.1) is 0 Å². The first-order valence-electron chi connectivity index (χ1n) is 7.03. The van der Waals surface area contributed by atoms with Gasteiger partial charge in [0, 0.05) is 13.1 Å². The predicted molar refractivity (Wildman–Crippen MR) is 81.7 cm³/mol. The first-order valence-corrected chi connectivity index (χ1v) is 10.1. The lowest BCUT2D eigenvalue weighted by atomic mass is 10.2. The first-order chi connectivity index (χ1) is 10.2. The summed E-state index contributed by atoms with van der Waals surface area (Å²) in [6.45, 7) is 3.58. The number of hydrogen-bond acceptors (Lipinski definition) is 6. The summed E-state index contributed by atoms with van der Waals surface area (Å²) in [5.74, 6) is -0.110. The van der Waals surface area contributed by atoms with Gasteiger partial charge in [0.1, 0.15) is 5.75 Å². The fraction of sp³-hybridized carbons (Fsp3) is 0.615. The molecule has 2 rings (SSSR count). The fourth-order valence-electron chi connectivity index (χ4n) is 2.44. The third kappa shape index (κ3) is 3.26. The third-order valence-electron chi connectivity index (χ3n) is 3.85. The standard InChI is InChI=1S/C13H20N2O5S2/c1-10(2)21(17,18)12-5-7-15(8-6-12)22(19,20)13-4-3-11(16)9-14-13/h3-4,9-10,12,16H,5-8H2,1-2H3. The number of aromatic nitrogens is 1. The molecule has 1 aromatic heterocycles. The van der Waals surface area contributed by atoms with E-state index < -0.39 is 30.4 Å². The van der Waals surface area contributed by atoms with Crippen LogP contribution in [0.2, 0.25) is 0 Å². The van der Waals surface area contributed by atoms with Crippen LogP contribution in [-0.2, 0) is 19.9 Å². The number of sulfonamides is 1. The second-order valence-corrected chi connectivity index (χ2v) is 10.3. The summed E-state index contributed by atoms with van der Waals surface area (Å²) in [5.41, 5.74) is 0. The van der Waals surface area contributed by atoms with Crippen molar-refractivity contribution < 1.29 is 21.9 Å². The van der Waals surface area contributed by atoms with Crippen LogP contribution in [0, 0.1) is 0 Å². The molecule has 1 aliphatic rings. The molecule has 0 radical (unpaired) electrons. The minimum absolute atomic E-state index is 0.110. The van der Waals surface area contributed by atoms with Crippen LogP contribution >= 0.6 is 0 Å². The van der Waals surface area contributed by atoms with Crippen molar-refractivity contribution in [1.82, 2.24) is 9.29 Å². The monoisotopic (exact) mass is 348 g/mol. The molecule has 2 heterocycles. The lowest BCUT2D eigenvalue weighted by Crippen LogP contribution is -2.44. The highest BCUT2D eigenvalue weighted by atomic mass is 32.2. The maximum absolute atomic E-state index is 12.4. The van der Waals surface area contributed by atoms with E-state index in [1.807, 2.05) is 0 Å². The van der Waals surface area contributed by atoms with Gasteiger partial charge in [-0.05, 0) is 38.8 Å². The Labute approximate surface area is 131 Å². The van der Waals surface area contributed by atoms with Gasteiger partial charge in [-0.25, -0.2) is 21.8 Å². The maximum Gasteiger partial charge on any atom is 0.260 e. The van der Waals surface area contributed by atoms with Crippen molar-refractivity contribution in [2.24, 2.45) is 0 Å². The molecular formula is C13H20N2O5S2. The average molecular weight is 348 g/mol. The van der Waals surface area contributed by atoms with Gasteiger partial charge >= 0.3 is 0 Å². The van der Waals surface area contributed by atoms with E-state index in [4.69, 9.17) is 0 Å². The summed E-state index contributed by atoms with van der Waals surface area (Å²) in [6.07, 6.45) is 1.65. The molecule has 1 aromatic rings. The minimum atomic E-state index is -3.75. The smallest absolute Gasteiger partial charge is 0.260 e. The van der Waals surface area contributed by atoms with Gasteiger partial charge in [0.05, 0.1) is 16.7 Å². The summed E-state index contributed by atoms with van der Waals surface area (Å²) in [4.78, 5) is 3.72. The topological polar surface area (TPSA) is 105 Å². The highest BCUT2D eigenvalue weighted by molar-refractivity contribution is 7.92. The van der Waals surface area contributed by atoms with Crippen LogP contribution in [0.1, 0.15) is 26.7 Å². The lowest BCUT2D eigenvalue weighted by molar-refractivity contribution is 0.344. The third-order valence-corrected chi connectivity index (χ3v) is 8.38. The van der Waals surface area contributed by atoms with Crippen molar-refractivity contribution in [3.63, 3.8) is 0 Å². The molecule has 124 valence electrons. The summed E-state index contributed by atoms with van der Waals surface area (Å²) in [6, 6.07) is 2.50. The van der Waals surface area contributed by atoms with Crippen molar-refractivity contribution in [3.8, 4) is 5.75 Å². The Morgan fingerprint density at radius 2 is 1.77 bits per heavy atom. The second kappa shape index (κ2) is 6.13. The number of piperidine rings is 1. The number of rotatable bonds is 4. The van der Waals surface area contributed by atoms with Gasteiger partial charge in [-0.1, -0.05) is 0 Å². The van der Waals surface area contributed by atoms with E-state index >= 15 is 0 Å². The largest absolute Gasteiger partial charge is 0.506 e. The summed E-state index contributed by atoms with van der Waals surface area (Å²) >= 11 is 0. The molecule has 0 spiro atoms. The summed E-state index contributed by atoms with van der Waals surface area (Å²) in [5, 5.41) is 8.08. The summed E-state index contributed by atoms with van der Waals surface area (Å²) in [7, 11) is -6.96. The molecule has 0 aromatic carbocycles. The van der Waals surface area contributed by atoms with Crippen LogP contribution in [0.3, 0.4) is 0 Å². The minimum Gasteiger partial charge on any atom is -0.506 e. The molecule has 9 heteroatoms. The van der Waals surface area contributed by atoms with Gasteiger partial charge in [0.25, 0.3) is 10.0 Å². The van der Waals surface area contributed by atoms with Crippen molar-refractivity contribution in [3.05, 3.63) is 18.3 Å². The van der Waals surface area contributed by atoms with Crippen molar-refractivity contribution in [2.45, 2.75) is 42.2 Å². The Kier molecular flexibility index (Phi) is 4.78. The van der Waals surface area contributed by atoms with Crippen LogP contribution < -0.4 is 0 Å². The van der Waals surface area contributed by atoms with E-state index in [9.17, 15) is 21.9 Å². The van der Waals surface area contributed by atoms with Gasteiger partial charge in [0.15, 0.2) is 14.9 Å². The van der Waals surface area contributed by atoms with Gasteiger partial charge in [-0.3, -0.25) is 0 Å². The number of hydrogen-bond donors (Lipinski definition) is 1. The molecule has 0 aliphatic carbocycles. The van der Waals surface area contributed by atoms with Crippen LogP contribution in [0.15, 0.2) is 23.4 Å². The van der Waals surface area contributed by atoms with Crippen LogP contribution in [-0.4, -0.2) is 54.8 Å². The number of sulfone groups is 1. The Balaban J connectivity index is 2.13. The lowest BCUT2D eigenvalue weighted by Gasteiger charge is -2.31. The Bertz CT molecular complexity index is 718. The maximum atomic E-state index is 12.4. The zero-order chi connectivity index (χ0) is 16.5. The Morgan fingerprint density at radius 3 is 2.23 bits per heavy atom. The molecule has 1 fully saturated rings. The SMILES string of the molecule is CC(C)S(=O)(=O)C1CCN(S(=O)(=O)c2ccc(O)cn2)CC1. The van der Waals surface area contributed by atoms with Gasteiger partial charge < -0.3 is 5.11 Å². The van der Waals surface area contributed by atoms with Crippen LogP contribution in [0.25, 0.3) is 0 Å². The van der Waals surface area contributed by atoms with Crippen molar-refractivity contribution in [1.29, 1.82) is 0 Å². The molecule has 0 saturated carbocycles. The predicted octanol–water partition coefficient (Wildman–Crippen LogP) is 0.763. The zero-order valence-electron chi connectivity index (χ0n) is 12.5. The average Bonchev–Trinajstić information content (AvgIpc) is 2.47. The molecule has 1 aliphatic heterocycles. The highest BCUT2D eigenvalue weighted by Crippen LogP contribution is 2.25. The Hall–Kier alpha value is -1.19. The molecule has 0 atom stereocenters. The van der Waals surface area contributed by atoms with Crippen LogP contribution in [0.4, 0.5) is 0 Å². The number of nitrogens with zero attached hydrogens (tertiary/aromatic N) is 2. The van der Waals surface area contributed by atoms with E-state index in [-0.39, 0.29) is 36.7 Å². The number of aromatic hydroxyl groups is 1. The molecule has 0 bridgehead atoms. The normalized spacial score (nSPS) is 18.7. The first kappa shape index (κ1) is 17.2. The van der Waals surface area contributed by atoms with Crippen LogP contribution in [0.5, 0.6) is 5.75 Å². The van der Waals surface area contributed by atoms with E-state index in [2.05, 4.69) is 4.98 Å². The fourth-order valence-corrected chi connectivity index (χ4v) is 5.46. The second-order valence-electron chi connectivity index (χ2n) is 5.60. The van der Waals surface area contributed by atoms with E-state index in [1.165, 1.54) is 16.4 Å². The van der Waals surface area contributed by atoms with Crippen molar-refractivity contribution in [2.75, 3.05) is 13.1 Å². The molecule has 1 saturated heterocycles. The number of pyridine rings is 1. The van der Waals surface area contributed by atoms with E-state index in [1.54, 1.807) is 13.8 Å². The molecule has 7 nitrogen and oxygen atoms in total. The van der Waals surface area contributed by atoms with Gasteiger partial charge in [0.2, 0.25) is 0 Å². The zero-order valence-corrected chi connectivity index (χ0v) is 14.1. The molecule has 1 N–H and O–H groups in total. The highest BCUT2D eigenvalue weighted by Gasteiger charge is 2.36. The summed E-state index contributed by atoms with van der Waals surface area (Å²) < 4.78 is 50.4. The quantitative estimate of drug-likeness (QED) is 0.861. The van der Waals surface area contributed by atoms with E-state index in [0.717, 1.165) is 6.20 Å².